The van der Waals surface area contributed by atoms with E-state index in [2.05, 4.69) is 10.6 Å². The zero-order valence-corrected chi connectivity index (χ0v) is 26.7. The third-order valence-electron chi connectivity index (χ3n) is 8.42. The van der Waals surface area contributed by atoms with Crippen LogP contribution in [0.15, 0.2) is 72.8 Å². The molecule has 2 aliphatic rings. The lowest BCUT2D eigenvalue weighted by Crippen LogP contribution is -2.58. The van der Waals surface area contributed by atoms with Gasteiger partial charge in [-0.1, -0.05) is 48.5 Å². The van der Waals surface area contributed by atoms with E-state index >= 15 is 0 Å². The van der Waals surface area contributed by atoms with Gasteiger partial charge in [-0.25, -0.2) is 0 Å². The summed E-state index contributed by atoms with van der Waals surface area (Å²) in [4.78, 5) is 42.3. The lowest BCUT2D eigenvalue weighted by atomic mass is 9.96. The van der Waals surface area contributed by atoms with Gasteiger partial charge in [-0.3, -0.25) is 14.4 Å². The van der Waals surface area contributed by atoms with Crippen LogP contribution >= 0.6 is 11.8 Å². The number of phenolic OH excluding ortho intramolecular Hbond substituents is 1. The Kier molecular flexibility index (Phi) is 10.0. The van der Waals surface area contributed by atoms with Crippen molar-refractivity contribution in [3.05, 3.63) is 95.1 Å². The minimum atomic E-state index is -1.63. The maximum Gasteiger partial charge on any atom is 0.254 e. The second-order valence-corrected chi connectivity index (χ2v) is 14.0. The number of hydrogen-bond acceptors (Lipinski definition) is 7. The van der Waals surface area contributed by atoms with Crippen LogP contribution in [0.1, 0.15) is 53.7 Å². The zero-order chi connectivity index (χ0) is 32.1. The van der Waals surface area contributed by atoms with Crippen molar-refractivity contribution in [2.75, 3.05) is 12.5 Å². The Bertz CT molecular complexity index is 1530. The third-order valence-corrected chi connectivity index (χ3v) is 9.80. The first-order valence-electron chi connectivity index (χ1n) is 15.3. The molecule has 4 N–H and O–H groups in total. The molecule has 238 valence electrons. The first kappa shape index (κ1) is 32.4. The summed E-state index contributed by atoms with van der Waals surface area (Å²) in [6, 6.07) is 19.7. The topological polar surface area (TPSA) is 128 Å². The molecule has 2 fully saturated rings. The van der Waals surface area contributed by atoms with Crippen molar-refractivity contribution >= 4 is 29.5 Å². The Morgan fingerprint density at radius 1 is 1.02 bits per heavy atom. The molecule has 0 unspecified atom stereocenters. The fraction of sp³-hybridized carbons (Fsp3) is 0.400. The highest BCUT2D eigenvalue weighted by Gasteiger charge is 2.49. The minimum Gasteiger partial charge on any atom is -0.508 e. The Morgan fingerprint density at radius 2 is 1.73 bits per heavy atom. The highest BCUT2D eigenvalue weighted by molar-refractivity contribution is 8.00. The van der Waals surface area contributed by atoms with Crippen LogP contribution in [0.5, 0.6) is 11.5 Å². The van der Waals surface area contributed by atoms with Crippen molar-refractivity contribution < 1.29 is 29.3 Å². The number of rotatable bonds is 12. The van der Waals surface area contributed by atoms with E-state index in [0.717, 1.165) is 16.9 Å². The molecule has 0 radical (unpaired) electrons. The molecule has 0 spiro atoms. The summed E-state index contributed by atoms with van der Waals surface area (Å²) in [5.74, 6) is 0.0878. The Morgan fingerprint density at radius 3 is 2.47 bits per heavy atom. The number of aliphatic hydroxyl groups is 1. The number of hydrogen-bond donors (Lipinski definition) is 4. The first-order chi connectivity index (χ1) is 21.5. The summed E-state index contributed by atoms with van der Waals surface area (Å²) in [6.07, 6.45) is 0.950. The molecule has 3 aromatic rings. The summed E-state index contributed by atoms with van der Waals surface area (Å²) < 4.78 is 5.26. The smallest absolute Gasteiger partial charge is 0.254 e. The van der Waals surface area contributed by atoms with Gasteiger partial charge in [0.15, 0.2) is 6.10 Å². The molecule has 3 atom stereocenters. The molecule has 45 heavy (non-hydrogen) atoms. The van der Waals surface area contributed by atoms with E-state index in [1.165, 1.54) is 35.6 Å². The molecule has 5 rings (SSSR count). The maximum absolute atomic E-state index is 13.9. The molecule has 1 saturated carbocycles. The summed E-state index contributed by atoms with van der Waals surface area (Å²) in [5.41, 5.74) is 2.33. The van der Waals surface area contributed by atoms with Crippen LogP contribution in [0.4, 0.5) is 0 Å². The molecule has 1 aliphatic heterocycles. The van der Waals surface area contributed by atoms with Crippen molar-refractivity contribution in [2.24, 2.45) is 5.92 Å². The number of phenols is 1. The van der Waals surface area contributed by atoms with Gasteiger partial charge in [0.25, 0.3) is 11.8 Å². The number of benzene rings is 3. The Hall–Kier alpha value is -4.02. The zero-order valence-electron chi connectivity index (χ0n) is 25.9. The fourth-order valence-electron chi connectivity index (χ4n) is 5.51. The molecular weight excluding hydrogens is 590 g/mol. The minimum absolute atomic E-state index is 0.0263. The molecule has 1 aliphatic carbocycles. The van der Waals surface area contributed by atoms with Crippen molar-refractivity contribution in [1.82, 2.24) is 15.5 Å². The van der Waals surface area contributed by atoms with Gasteiger partial charge in [0.1, 0.15) is 17.5 Å². The lowest BCUT2D eigenvalue weighted by Gasteiger charge is -2.33. The number of thioether (sulfide) groups is 1. The number of ether oxygens (including phenoxy) is 1. The highest BCUT2D eigenvalue weighted by Crippen LogP contribution is 2.40. The second kappa shape index (κ2) is 14.0. The highest BCUT2D eigenvalue weighted by atomic mass is 32.2. The number of aliphatic hydroxyl groups excluding tert-OH is 1. The summed E-state index contributed by atoms with van der Waals surface area (Å²) in [7, 11) is 0. The quantitative estimate of drug-likeness (QED) is 0.236. The number of nitrogens with zero attached hydrogens (tertiary/aromatic N) is 1. The predicted molar refractivity (Wildman–Crippen MR) is 174 cm³/mol. The molecule has 0 aromatic heterocycles. The summed E-state index contributed by atoms with van der Waals surface area (Å²) in [5, 5.41) is 27.4. The standard InChI is InChI=1S/C35H41N3O6S/c1-22-27(13-8-14-29(22)39)32(41)37-28(18-23-9-5-4-6-10-23)30(40)34(43)38-21-45-35(2,3)31(38)33(42)36-19-25-11-7-12-26(17-25)44-20-24-15-16-24/h4-14,17,24,28,30-31,39-40H,15-16,18-21H2,1-3H3,(H,36,42)(H,37,41)/t28-,30-,31+/m0/s1. The van der Waals surface area contributed by atoms with Crippen LogP contribution in [0, 0.1) is 12.8 Å². The van der Waals surface area contributed by atoms with Gasteiger partial charge in [-0.05, 0) is 81.3 Å². The molecular formula is C35H41N3O6S. The normalized spacial score (nSPS) is 18.6. The number of amides is 3. The van der Waals surface area contributed by atoms with Crippen LogP contribution in [0.3, 0.4) is 0 Å². The molecule has 1 heterocycles. The van der Waals surface area contributed by atoms with E-state index in [1.54, 1.807) is 19.1 Å². The number of carbonyl (C=O) groups is 3. The van der Waals surface area contributed by atoms with E-state index in [1.807, 2.05) is 68.4 Å². The molecule has 0 bridgehead atoms. The van der Waals surface area contributed by atoms with Gasteiger partial charge in [-0.15, -0.1) is 11.8 Å². The van der Waals surface area contributed by atoms with E-state index < -0.39 is 34.7 Å². The van der Waals surface area contributed by atoms with Crippen LogP contribution in [0.25, 0.3) is 0 Å². The van der Waals surface area contributed by atoms with E-state index in [-0.39, 0.29) is 36.1 Å². The van der Waals surface area contributed by atoms with Gasteiger partial charge >= 0.3 is 0 Å². The van der Waals surface area contributed by atoms with Crippen molar-refractivity contribution in [1.29, 1.82) is 0 Å². The van der Waals surface area contributed by atoms with Crippen molar-refractivity contribution in [3.63, 3.8) is 0 Å². The second-order valence-electron chi connectivity index (χ2n) is 12.4. The van der Waals surface area contributed by atoms with Crippen molar-refractivity contribution in [3.8, 4) is 11.5 Å². The van der Waals surface area contributed by atoms with Gasteiger partial charge in [0, 0.05) is 22.4 Å². The number of carbonyl (C=O) groups excluding carboxylic acids is 3. The average molecular weight is 632 g/mol. The predicted octanol–water partition coefficient (Wildman–Crippen LogP) is 4.19. The van der Waals surface area contributed by atoms with Gasteiger partial charge < -0.3 is 30.5 Å². The van der Waals surface area contributed by atoms with Crippen LogP contribution in [-0.4, -0.2) is 68.3 Å². The largest absolute Gasteiger partial charge is 0.508 e. The lowest BCUT2D eigenvalue weighted by molar-refractivity contribution is -0.147. The molecule has 1 saturated heterocycles. The fourth-order valence-corrected chi connectivity index (χ4v) is 6.65. The molecule has 10 heteroatoms. The van der Waals surface area contributed by atoms with Crippen LogP contribution < -0.4 is 15.4 Å². The van der Waals surface area contributed by atoms with E-state index in [4.69, 9.17) is 4.74 Å². The number of nitrogens with one attached hydrogen (secondary N) is 2. The van der Waals surface area contributed by atoms with Gasteiger partial charge in [0.2, 0.25) is 5.91 Å². The van der Waals surface area contributed by atoms with Crippen LogP contribution in [-0.2, 0) is 22.6 Å². The molecule has 3 aromatic carbocycles. The number of aromatic hydroxyl groups is 1. The summed E-state index contributed by atoms with van der Waals surface area (Å²) in [6.45, 7) is 6.39. The Balaban J connectivity index is 1.30. The van der Waals surface area contributed by atoms with Gasteiger partial charge in [0.05, 0.1) is 18.5 Å². The monoisotopic (exact) mass is 631 g/mol. The molecule has 9 nitrogen and oxygen atoms in total. The van der Waals surface area contributed by atoms with Crippen LogP contribution in [0.2, 0.25) is 0 Å². The van der Waals surface area contributed by atoms with Crippen molar-refractivity contribution in [2.45, 2.75) is 69.5 Å². The maximum atomic E-state index is 13.9. The Labute approximate surface area is 268 Å². The third kappa shape index (κ3) is 7.99. The SMILES string of the molecule is Cc1c(O)cccc1C(=O)N[C@@H](Cc1ccccc1)[C@H](O)C(=O)N1CSC(C)(C)[C@H]1C(=O)NCc1cccc(OCC2CC2)c1. The van der Waals surface area contributed by atoms with Gasteiger partial charge in [-0.2, -0.15) is 0 Å². The van der Waals surface area contributed by atoms with E-state index in [9.17, 15) is 24.6 Å². The molecule has 3 amide bonds. The first-order valence-corrected chi connectivity index (χ1v) is 16.3. The van der Waals surface area contributed by atoms with E-state index in [0.29, 0.717) is 18.1 Å². The summed E-state index contributed by atoms with van der Waals surface area (Å²) >= 11 is 1.46. The average Bonchev–Trinajstić information content (AvgIpc) is 3.81.